The van der Waals surface area contributed by atoms with Crippen molar-refractivity contribution in [2.75, 3.05) is 0 Å². The van der Waals surface area contributed by atoms with Gasteiger partial charge in [-0.2, -0.15) is 0 Å². The summed E-state index contributed by atoms with van der Waals surface area (Å²) in [7, 11) is 0. The summed E-state index contributed by atoms with van der Waals surface area (Å²) in [6, 6.07) is 12.8. The molecule has 3 aromatic rings. The number of H-pyrrole nitrogens is 1. The Morgan fingerprint density at radius 3 is 2.73 bits per heavy atom. The van der Waals surface area contributed by atoms with E-state index in [1.807, 2.05) is 11.3 Å². The van der Waals surface area contributed by atoms with Crippen molar-refractivity contribution < 1.29 is 0 Å². The first-order chi connectivity index (χ1) is 7.34. The number of hydrogen-bond acceptors (Lipinski definition) is 1. The van der Waals surface area contributed by atoms with Crippen LogP contribution in [0.2, 0.25) is 0 Å². The van der Waals surface area contributed by atoms with Gasteiger partial charge in [-0.25, -0.2) is 0 Å². The molecule has 0 amide bonds. The second-order valence-corrected chi connectivity index (χ2v) is 4.95. The van der Waals surface area contributed by atoms with Crippen LogP contribution in [-0.4, -0.2) is 4.98 Å². The number of nitrogens with one attached hydrogen (secondary N) is 1. The Morgan fingerprint density at radius 1 is 1.07 bits per heavy atom. The fourth-order valence-corrected chi connectivity index (χ4v) is 2.75. The van der Waals surface area contributed by atoms with Crippen LogP contribution in [0.1, 0.15) is 4.88 Å². The molecule has 0 fully saturated rings. The molecule has 0 unspecified atom stereocenters. The summed E-state index contributed by atoms with van der Waals surface area (Å²) in [5.74, 6) is 0. The summed E-state index contributed by atoms with van der Waals surface area (Å²) < 4.78 is 0. The zero-order valence-corrected chi connectivity index (χ0v) is 9.27. The molecule has 0 aliphatic carbocycles. The van der Waals surface area contributed by atoms with Gasteiger partial charge in [-0.15, -0.1) is 11.3 Å². The number of aromatic amines is 1. The first-order valence-electron chi connectivity index (χ1n) is 4.97. The summed E-state index contributed by atoms with van der Waals surface area (Å²) in [5, 5.41) is 1.30. The number of para-hydroxylation sites is 1. The summed E-state index contributed by atoms with van der Waals surface area (Å²) in [6.45, 7) is 2.14. The van der Waals surface area contributed by atoms with E-state index in [-0.39, 0.29) is 0 Å². The second-order valence-electron chi connectivity index (χ2n) is 3.66. The molecule has 2 heteroatoms. The normalized spacial score (nSPS) is 11.0. The van der Waals surface area contributed by atoms with Crippen LogP contribution in [0, 0.1) is 6.92 Å². The largest absolute Gasteiger partial charge is 0.361 e. The van der Waals surface area contributed by atoms with E-state index >= 15 is 0 Å². The molecular formula is C13H11NS. The van der Waals surface area contributed by atoms with Crippen molar-refractivity contribution >= 4 is 22.2 Å². The van der Waals surface area contributed by atoms with Gasteiger partial charge in [-0.3, -0.25) is 0 Å². The molecule has 1 N–H and O–H groups in total. The van der Waals surface area contributed by atoms with E-state index in [1.54, 1.807) is 0 Å². The molecule has 0 aliphatic rings. The van der Waals surface area contributed by atoms with Gasteiger partial charge in [0, 0.05) is 32.4 Å². The van der Waals surface area contributed by atoms with Crippen molar-refractivity contribution in [3.8, 4) is 10.4 Å². The predicted octanol–water partition coefficient (Wildman–Crippen LogP) is 4.20. The minimum absolute atomic E-state index is 1.21. The minimum atomic E-state index is 1.21. The van der Waals surface area contributed by atoms with Gasteiger partial charge in [-0.05, 0) is 25.1 Å². The highest BCUT2D eigenvalue weighted by Gasteiger charge is 2.06. The molecule has 15 heavy (non-hydrogen) atoms. The van der Waals surface area contributed by atoms with Crippen molar-refractivity contribution in [2.24, 2.45) is 0 Å². The average molecular weight is 213 g/mol. The van der Waals surface area contributed by atoms with Crippen LogP contribution in [0.5, 0.6) is 0 Å². The Balaban J connectivity index is 2.27. The van der Waals surface area contributed by atoms with Gasteiger partial charge in [0.05, 0.1) is 0 Å². The van der Waals surface area contributed by atoms with Crippen molar-refractivity contribution in [2.45, 2.75) is 6.92 Å². The fourth-order valence-electron chi connectivity index (χ4n) is 1.85. The Kier molecular flexibility index (Phi) is 1.89. The Hall–Kier alpha value is -1.54. The van der Waals surface area contributed by atoms with Crippen LogP contribution >= 0.6 is 11.3 Å². The van der Waals surface area contributed by atoms with Gasteiger partial charge in [0.2, 0.25) is 0 Å². The maximum atomic E-state index is 3.30. The van der Waals surface area contributed by atoms with Gasteiger partial charge in [-0.1, -0.05) is 18.2 Å². The van der Waals surface area contributed by atoms with Crippen molar-refractivity contribution in [3.63, 3.8) is 0 Å². The molecule has 3 rings (SSSR count). The van der Waals surface area contributed by atoms with E-state index < -0.39 is 0 Å². The topological polar surface area (TPSA) is 15.8 Å². The highest BCUT2D eigenvalue weighted by atomic mass is 32.1. The van der Waals surface area contributed by atoms with Gasteiger partial charge in [0.15, 0.2) is 0 Å². The highest BCUT2D eigenvalue weighted by molar-refractivity contribution is 7.15. The predicted molar refractivity (Wildman–Crippen MR) is 66.3 cm³/mol. The van der Waals surface area contributed by atoms with E-state index in [4.69, 9.17) is 0 Å². The molecule has 2 heterocycles. The summed E-state index contributed by atoms with van der Waals surface area (Å²) in [6.07, 6.45) is 2.09. The maximum absolute atomic E-state index is 3.30. The summed E-state index contributed by atoms with van der Waals surface area (Å²) >= 11 is 1.84. The first kappa shape index (κ1) is 8.74. The summed E-state index contributed by atoms with van der Waals surface area (Å²) in [4.78, 5) is 6.00. The average Bonchev–Trinajstić information content (AvgIpc) is 2.83. The van der Waals surface area contributed by atoms with E-state index in [0.29, 0.717) is 0 Å². The molecule has 2 aromatic heterocycles. The molecule has 0 saturated heterocycles. The molecule has 1 aromatic carbocycles. The van der Waals surface area contributed by atoms with E-state index in [0.717, 1.165) is 0 Å². The molecular weight excluding hydrogens is 202 g/mol. The Labute approximate surface area is 92.4 Å². The van der Waals surface area contributed by atoms with Gasteiger partial charge in [0.25, 0.3) is 0 Å². The lowest BCUT2D eigenvalue weighted by atomic mass is 10.1. The quantitative estimate of drug-likeness (QED) is 0.623. The SMILES string of the molecule is Cc1ccc(-c2c[nH]c3ccccc23)s1. The molecule has 0 saturated carbocycles. The Bertz CT molecular complexity index is 604. The van der Waals surface area contributed by atoms with Crippen LogP contribution in [0.15, 0.2) is 42.6 Å². The number of rotatable bonds is 1. The fraction of sp³-hybridized carbons (Fsp3) is 0.0769. The number of aryl methyl sites for hydroxylation is 1. The number of benzene rings is 1. The number of thiophene rings is 1. The highest BCUT2D eigenvalue weighted by Crippen LogP contribution is 2.33. The van der Waals surface area contributed by atoms with Crippen molar-refractivity contribution in [3.05, 3.63) is 47.5 Å². The van der Waals surface area contributed by atoms with E-state index in [9.17, 15) is 0 Å². The lowest BCUT2D eigenvalue weighted by Gasteiger charge is -1.93. The summed E-state index contributed by atoms with van der Waals surface area (Å²) in [5.41, 5.74) is 2.52. The molecule has 0 spiro atoms. The van der Waals surface area contributed by atoms with Gasteiger partial charge in [0.1, 0.15) is 0 Å². The van der Waals surface area contributed by atoms with E-state index in [1.165, 1.54) is 26.2 Å². The van der Waals surface area contributed by atoms with Crippen LogP contribution in [0.25, 0.3) is 21.3 Å². The lowest BCUT2D eigenvalue weighted by Crippen LogP contribution is -1.67. The number of hydrogen-bond donors (Lipinski definition) is 1. The third-order valence-corrected chi connectivity index (χ3v) is 3.63. The number of fused-ring (bicyclic) bond motifs is 1. The van der Waals surface area contributed by atoms with Crippen LogP contribution < -0.4 is 0 Å². The molecule has 74 valence electrons. The third kappa shape index (κ3) is 1.38. The third-order valence-electron chi connectivity index (χ3n) is 2.60. The molecule has 0 atom stereocenters. The van der Waals surface area contributed by atoms with Gasteiger partial charge < -0.3 is 4.98 Å². The molecule has 0 bridgehead atoms. The minimum Gasteiger partial charge on any atom is -0.361 e. The van der Waals surface area contributed by atoms with Crippen molar-refractivity contribution in [1.29, 1.82) is 0 Å². The molecule has 0 aliphatic heterocycles. The maximum Gasteiger partial charge on any atom is 0.0460 e. The van der Waals surface area contributed by atoms with E-state index in [2.05, 4.69) is 54.5 Å². The lowest BCUT2D eigenvalue weighted by molar-refractivity contribution is 1.48. The Morgan fingerprint density at radius 2 is 1.93 bits per heavy atom. The smallest absolute Gasteiger partial charge is 0.0460 e. The second kappa shape index (κ2) is 3.24. The van der Waals surface area contributed by atoms with Crippen LogP contribution in [0.4, 0.5) is 0 Å². The van der Waals surface area contributed by atoms with Crippen LogP contribution in [-0.2, 0) is 0 Å². The zero-order chi connectivity index (χ0) is 10.3. The standard InChI is InChI=1S/C13H11NS/c1-9-6-7-13(15-9)11-8-14-12-5-3-2-4-10(11)12/h2-8,14H,1H3. The first-order valence-corrected chi connectivity index (χ1v) is 5.79. The van der Waals surface area contributed by atoms with Crippen LogP contribution in [0.3, 0.4) is 0 Å². The molecule has 0 radical (unpaired) electrons. The monoisotopic (exact) mass is 213 g/mol. The molecule has 1 nitrogen and oxygen atoms in total. The number of aromatic nitrogens is 1. The van der Waals surface area contributed by atoms with Crippen molar-refractivity contribution in [1.82, 2.24) is 4.98 Å². The zero-order valence-electron chi connectivity index (χ0n) is 8.45. The van der Waals surface area contributed by atoms with Gasteiger partial charge >= 0.3 is 0 Å².